The third kappa shape index (κ3) is 3.69. The van der Waals surface area contributed by atoms with Crippen LogP contribution in [0, 0.1) is 0 Å². The molecule has 0 heterocycles. The first kappa shape index (κ1) is 15.7. The van der Waals surface area contributed by atoms with E-state index in [-0.39, 0.29) is 0 Å². The van der Waals surface area contributed by atoms with Crippen LogP contribution < -0.4 is 9.64 Å². The van der Waals surface area contributed by atoms with E-state index in [9.17, 15) is 5.11 Å². The molecule has 0 spiro atoms. The highest BCUT2D eigenvalue weighted by Crippen LogP contribution is 2.34. The standard InChI is InChI=1S/C17H20ClNO2/c1-12(20)17-15(8-5-9-16(17)21-3)19(2)11-13-6-4-7-14(18)10-13/h4-10,12,20H,11H2,1-3H3. The zero-order valence-electron chi connectivity index (χ0n) is 12.5. The van der Waals surface area contributed by atoms with Gasteiger partial charge in [0.05, 0.1) is 13.2 Å². The molecule has 0 aliphatic carbocycles. The van der Waals surface area contributed by atoms with Crippen LogP contribution in [0.3, 0.4) is 0 Å². The first-order chi connectivity index (χ1) is 10.0. The van der Waals surface area contributed by atoms with Gasteiger partial charge in [-0.05, 0) is 36.8 Å². The molecule has 0 saturated heterocycles. The number of aliphatic hydroxyl groups excluding tert-OH is 1. The molecule has 1 unspecified atom stereocenters. The number of hydrogen-bond donors (Lipinski definition) is 1. The SMILES string of the molecule is COc1cccc(N(C)Cc2cccc(Cl)c2)c1C(C)O. The lowest BCUT2D eigenvalue weighted by Crippen LogP contribution is -2.19. The summed E-state index contributed by atoms with van der Waals surface area (Å²) in [4.78, 5) is 2.08. The van der Waals surface area contributed by atoms with E-state index in [0.717, 1.165) is 21.8 Å². The van der Waals surface area contributed by atoms with Gasteiger partial charge in [-0.2, -0.15) is 0 Å². The minimum atomic E-state index is -0.599. The zero-order valence-corrected chi connectivity index (χ0v) is 13.3. The van der Waals surface area contributed by atoms with E-state index in [1.54, 1.807) is 14.0 Å². The van der Waals surface area contributed by atoms with Crippen LogP contribution in [-0.4, -0.2) is 19.3 Å². The molecule has 0 saturated carbocycles. The summed E-state index contributed by atoms with van der Waals surface area (Å²) in [6, 6.07) is 13.5. The third-order valence-corrected chi connectivity index (χ3v) is 3.64. The molecule has 0 aliphatic rings. The van der Waals surface area contributed by atoms with Crippen molar-refractivity contribution in [3.8, 4) is 5.75 Å². The third-order valence-electron chi connectivity index (χ3n) is 3.40. The van der Waals surface area contributed by atoms with Gasteiger partial charge in [0.15, 0.2) is 0 Å². The van der Waals surface area contributed by atoms with Gasteiger partial charge in [-0.25, -0.2) is 0 Å². The number of nitrogens with zero attached hydrogens (tertiary/aromatic N) is 1. The molecule has 0 radical (unpaired) electrons. The lowest BCUT2D eigenvalue weighted by atomic mass is 10.1. The molecule has 0 fully saturated rings. The predicted octanol–water partition coefficient (Wildman–Crippen LogP) is 4.04. The number of halogens is 1. The summed E-state index contributed by atoms with van der Waals surface area (Å²) in [7, 11) is 3.60. The van der Waals surface area contributed by atoms with Gasteiger partial charge in [-0.15, -0.1) is 0 Å². The van der Waals surface area contributed by atoms with Gasteiger partial charge in [0, 0.05) is 29.9 Å². The fraction of sp³-hybridized carbons (Fsp3) is 0.294. The highest BCUT2D eigenvalue weighted by molar-refractivity contribution is 6.30. The highest BCUT2D eigenvalue weighted by Gasteiger charge is 2.17. The Labute approximate surface area is 130 Å². The average Bonchev–Trinajstić information content (AvgIpc) is 2.46. The smallest absolute Gasteiger partial charge is 0.126 e. The first-order valence-electron chi connectivity index (χ1n) is 6.83. The minimum Gasteiger partial charge on any atom is -0.496 e. The summed E-state index contributed by atoms with van der Waals surface area (Å²) in [5.41, 5.74) is 2.86. The number of aliphatic hydroxyl groups is 1. The number of ether oxygens (including phenoxy) is 1. The Morgan fingerprint density at radius 2 is 1.95 bits per heavy atom. The van der Waals surface area contributed by atoms with E-state index in [0.29, 0.717) is 12.3 Å². The van der Waals surface area contributed by atoms with Crippen molar-refractivity contribution in [2.75, 3.05) is 19.1 Å². The monoisotopic (exact) mass is 305 g/mol. The van der Waals surface area contributed by atoms with Gasteiger partial charge >= 0.3 is 0 Å². The highest BCUT2D eigenvalue weighted by atomic mass is 35.5. The summed E-state index contributed by atoms with van der Waals surface area (Å²) < 4.78 is 5.36. The maximum absolute atomic E-state index is 10.0. The Morgan fingerprint density at radius 3 is 2.57 bits per heavy atom. The van der Waals surface area contributed by atoms with Crippen LogP contribution in [0.2, 0.25) is 5.02 Å². The maximum atomic E-state index is 10.0. The van der Waals surface area contributed by atoms with E-state index in [1.807, 2.05) is 49.5 Å². The van der Waals surface area contributed by atoms with Gasteiger partial charge in [0.25, 0.3) is 0 Å². The predicted molar refractivity (Wildman–Crippen MR) is 87.2 cm³/mol. The number of benzene rings is 2. The van der Waals surface area contributed by atoms with Crippen LogP contribution in [0.25, 0.3) is 0 Å². The second-order valence-electron chi connectivity index (χ2n) is 5.06. The quantitative estimate of drug-likeness (QED) is 0.905. The molecular weight excluding hydrogens is 286 g/mol. The Hall–Kier alpha value is -1.71. The molecule has 0 bridgehead atoms. The Balaban J connectivity index is 2.32. The molecular formula is C17H20ClNO2. The van der Waals surface area contributed by atoms with Gasteiger partial charge in [-0.3, -0.25) is 0 Å². The zero-order chi connectivity index (χ0) is 15.4. The van der Waals surface area contributed by atoms with Crippen molar-refractivity contribution in [3.63, 3.8) is 0 Å². The van der Waals surface area contributed by atoms with Crippen molar-refractivity contribution in [1.82, 2.24) is 0 Å². The van der Waals surface area contributed by atoms with Crippen molar-refractivity contribution in [3.05, 3.63) is 58.6 Å². The first-order valence-corrected chi connectivity index (χ1v) is 7.21. The Bertz CT molecular complexity index is 613. The van der Waals surface area contributed by atoms with Crippen LogP contribution in [0.5, 0.6) is 5.75 Å². The minimum absolute atomic E-state index is 0.599. The normalized spacial score (nSPS) is 12.0. The fourth-order valence-electron chi connectivity index (χ4n) is 2.46. The molecule has 3 nitrogen and oxygen atoms in total. The van der Waals surface area contributed by atoms with Crippen LogP contribution >= 0.6 is 11.6 Å². The lowest BCUT2D eigenvalue weighted by molar-refractivity contribution is 0.194. The van der Waals surface area contributed by atoms with E-state index < -0.39 is 6.10 Å². The average molecular weight is 306 g/mol. The Morgan fingerprint density at radius 1 is 1.24 bits per heavy atom. The summed E-state index contributed by atoms with van der Waals surface area (Å²) in [6.45, 7) is 2.45. The van der Waals surface area contributed by atoms with Crippen molar-refractivity contribution in [2.45, 2.75) is 19.6 Å². The summed E-state index contributed by atoms with van der Waals surface area (Å²) in [5.74, 6) is 0.695. The number of hydrogen-bond acceptors (Lipinski definition) is 3. The second kappa shape index (κ2) is 6.83. The molecule has 1 N–H and O–H groups in total. The van der Waals surface area contributed by atoms with Crippen LogP contribution in [0.1, 0.15) is 24.2 Å². The van der Waals surface area contributed by atoms with Gasteiger partial charge in [-0.1, -0.05) is 29.8 Å². The molecule has 0 amide bonds. The molecule has 2 aromatic rings. The van der Waals surface area contributed by atoms with Crippen LogP contribution in [0.15, 0.2) is 42.5 Å². The summed E-state index contributed by atoms with van der Waals surface area (Å²) in [6.07, 6.45) is -0.599. The van der Waals surface area contributed by atoms with Gasteiger partial charge < -0.3 is 14.7 Å². The van der Waals surface area contributed by atoms with Crippen molar-refractivity contribution in [1.29, 1.82) is 0 Å². The summed E-state index contributed by atoms with van der Waals surface area (Å²) in [5, 5.41) is 10.8. The molecule has 112 valence electrons. The van der Waals surface area contributed by atoms with Gasteiger partial charge in [0.2, 0.25) is 0 Å². The Kier molecular flexibility index (Phi) is 5.10. The number of anilines is 1. The van der Waals surface area contributed by atoms with Crippen molar-refractivity contribution < 1.29 is 9.84 Å². The molecule has 2 aromatic carbocycles. The maximum Gasteiger partial charge on any atom is 0.126 e. The van der Waals surface area contributed by atoms with Gasteiger partial charge in [0.1, 0.15) is 5.75 Å². The molecule has 2 rings (SSSR count). The van der Waals surface area contributed by atoms with E-state index in [4.69, 9.17) is 16.3 Å². The summed E-state index contributed by atoms with van der Waals surface area (Å²) >= 11 is 6.03. The molecule has 21 heavy (non-hydrogen) atoms. The second-order valence-corrected chi connectivity index (χ2v) is 5.49. The van der Waals surface area contributed by atoms with Crippen LogP contribution in [0.4, 0.5) is 5.69 Å². The van der Waals surface area contributed by atoms with Crippen molar-refractivity contribution >= 4 is 17.3 Å². The number of rotatable bonds is 5. The topological polar surface area (TPSA) is 32.7 Å². The largest absolute Gasteiger partial charge is 0.496 e. The van der Waals surface area contributed by atoms with E-state index in [1.165, 1.54) is 0 Å². The van der Waals surface area contributed by atoms with Crippen LogP contribution in [-0.2, 0) is 6.54 Å². The van der Waals surface area contributed by atoms with Crippen molar-refractivity contribution in [2.24, 2.45) is 0 Å². The lowest BCUT2D eigenvalue weighted by Gasteiger charge is -2.25. The molecule has 0 aromatic heterocycles. The number of methoxy groups -OCH3 is 1. The molecule has 0 aliphatic heterocycles. The molecule has 4 heteroatoms. The fourth-order valence-corrected chi connectivity index (χ4v) is 2.67. The van der Waals surface area contributed by atoms with E-state index in [2.05, 4.69) is 4.90 Å². The van der Waals surface area contributed by atoms with E-state index >= 15 is 0 Å². The molecule has 1 atom stereocenters.